The summed E-state index contributed by atoms with van der Waals surface area (Å²) in [4.78, 5) is 16.6. The Morgan fingerprint density at radius 2 is 2.21 bits per heavy atom. The van der Waals surface area contributed by atoms with Crippen molar-refractivity contribution in [2.75, 3.05) is 13.7 Å². The van der Waals surface area contributed by atoms with Crippen molar-refractivity contribution >= 4 is 17.3 Å². The Labute approximate surface area is 145 Å². The molecule has 0 amide bonds. The number of benzene rings is 1. The zero-order chi connectivity index (χ0) is 16.9. The molecule has 1 saturated carbocycles. The van der Waals surface area contributed by atoms with E-state index in [1.54, 1.807) is 30.4 Å². The summed E-state index contributed by atoms with van der Waals surface area (Å²) in [5.41, 5.74) is 2.29. The summed E-state index contributed by atoms with van der Waals surface area (Å²) in [5.74, 6) is 6.86. The van der Waals surface area contributed by atoms with Gasteiger partial charge in [0.1, 0.15) is 11.3 Å². The Morgan fingerprint density at radius 1 is 1.38 bits per heavy atom. The third-order valence-electron chi connectivity index (χ3n) is 4.05. The molecule has 4 nitrogen and oxygen atoms in total. The van der Waals surface area contributed by atoms with E-state index >= 15 is 0 Å². The lowest BCUT2D eigenvalue weighted by Gasteiger charge is -2.22. The Morgan fingerprint density at radius 3 is 2.88 bits per heavy atom. The molecule has 1 aromatic carbocycles. The van der Waals surface area contributed by atoms with Gasteiger partial charge in [-0.3, -0.25) is 0 Å². The van der Waals surface area contributed by atoms with E-state index in [1.807, 2.05) is 6.07 Å². The van der Waals surface area contributed by atoms with Crippen LogP contribution >= 0.6 is 11.3 Å². The van der Waals surface area contributed by atoms with Gasteiger partial charge in [-0.1, -0.05) is 12.3 Å². The molecule has 0 atom stereocenters. The highest BCUT2D eigenvalue weighted by Gasteiger charge is 2.21. The smallest absolute Gasteiger partial charge is 0.341 e. The lowest BCUT2D eigenvalue weighted by Crippen LogP contribution is -2.08. The van der Waals surface area contributed by atoms with E-state index in [0.717, 1.165) is 16.3 Å². The molecule has 1 aliphatic rings. The van der Waals surface area contributed by atoms with Crippen LogP contribution in [0, 0.1) is 11.8 Å². The first-order valence-electron chi connectivity index (χ1n) is 8.04. The molecule has 1 aliphatic carbocycles. The number of rotatable bonds is 4. The maximum atomic E-state index is 12.0. The minimum atomic E-state index is -0.403. The summed E-state index contributed by atoms with van der Waals surface area (Å²) in [6, 6.07) is 5.26. The molecule has 2 aromatic rings. The summed E-state index contributed by atoms with van der Waals surface area (Å²) < 4.78 is 10.3. The standard InChI is InChI=1S/C19H19NO3S/c1-3-23-19(21)15-11-13(7-9-17(15)22-2)8-10-18-20-16(12-24-18)14-5-4-6-14/h7,9,11-12,14H,3-6H2,1-2H3. The molecule has 1 fully saturated rings. The second kappa shape index (κ2) is 7.50. The van der Waals surface area contributed by atoms with Crippen LogP contribution in [0.2, 0.25) is 0 Å². The molecular formula is C19H19NO3S. The van der Waals surface area contributed by atoms with Gasteiger partial charge >= 0.3 is 5.97 Å². The lowest BCUT2D eigenvalue weighted by molar-refractivity contribution is 0.0522. The van der Waals surface area contributed by atoms with Crippen LogP contribution in [0.5, 0.6) is 5.75 Å². The van der Waals surface area contributed by atoms with Crippen molar-refractivity contribution in [2.45, 2.75) is 32.1 Å². The number of hydrogen-bond acceptors (Lipinski definition) is 5. The first kappa shape index (κ1) is 16.5. The van der Waals surface area contributed by atoms with Crippen molar-refractivity contribution in [3.8, 4) is 17.6 Å². The molecule has 0 spiro atoms. The second-order valence-corrected chi connectivity index (χ2v) is 6.45. The third-order valence-corrected chi connectivity index (χ3v) is 4.83. The third kappa shape index (κ3) is 3.60. The van der Waals surface area contributed by atoms with Crippen LogP contribution in [0.3, 0.4) is 0 Å². The van der Waals surface area contributed by atoms with Crippen LogP contribution in [-0.4, -0.2) is 24.7 Å². The normalized spacial score (nSPS) is 13.6. The SMILES string of the molecule is CCOC(=O)c1cc(C#Cc2nc(C3CCC3)cs2)ccc1OC. The van der Waals surface area contributed by atoms with Gasteiger partial charge in [-0.25, -0.2) is 9.78 Å². The van der Waals surface area contributed by atoms with E-state index in [-0.39, 0.29) is 0 Å². The Kier molecular flexibility index (Phi) is 5.17. The molecule has 5 heteroatoms. The van der Waals surface area contributed by atoms with E-state index < -0.39 is 5.97 Å². The van der Waals surface area contributed by atoms with Crippen LogP contribution in [0.15, 0.2) is 23.6 Å². The number of aromatic nitrogens is 1. The number of thiazole rings is 1. The molecule has 1 heterocycles. The topological polar surface area (TPSA) is 48.4 Å². The molecule has 0 unspecified atom stereocenters. The maximum absolute atomic E-state index is 12.0. The summed E-state index contributed by atoms with van der Waals surface area (Å²) >= 11 is 1.57. The fourth-order valence-electron chi connectivity index (χ4n) is 2.51. The van der Waals surface area contributed by atoms with Crippen molar-refractivity contribution in [3.05, 3.63) is 45.4 Å². The Balaban J connectivity index is 1.81. The molecule has 0 saturated heterocycles. The van der Waals surface area contributed by atoms with E-state index in [4.69, 9.17) is 9.47 Å². The highest BCUT2D eigenvalue weighted by molar-refractivity contribution is 7.10. The lowest BCUT2D eigenvalue weighted by atomic mass is 9.83. The zero-order valence-electron chi connectivity index (χ0n) is 13.8. The minimum Gasteiger partial charge on any atom is -0.496 e. The molecular weight excluding hydrogens is 322 g/mol. The first-order chi connectivity index (χ1) is 11.7. The predicted octanol–water partition coefficient (Wildman–Crippen LogP) is 4.00. The van der Waals surface area contributed by atoms with E-state index in [1.165, 1.54) is 26.4 Å². The van der Waals surface area contributed by atoms with Crippen molar-refractivity contribution in [1.29, 1.82) is 0 Å². The van der Waals surface area contributed by atoms with Crippen LogP contribution in [-0.2, 0) is 4.74 Å². The van der Waals surface area contributed by atoms with Crippen molar-refractivity contribution in [2.24, 2.45) is 0 Å². The molecule has 0 aliphatic heterocycles. The molecule has 24 heavy (non-hydrogen) atoms. The molecule has 124 valence electrons. The van der Waals surface area contributed by atoms with Gasteiger partial charge < -0.3 is 9.47 Å². The number of ether oxygens (including phenoxy) is 2. The van der Waals surface area contributed by atoms with Gasteiger partial charge in [-0.2, -0.15) is 0 Å². The molecule has 0 bridgehead atoms. The summed E-state index contributed by atoms with van der Waals surface area (Å²) in [5, 5.41) is 2.91. The highest BCUT2D eigenvalue weighted by Crippen LogP contribution is 2.36. The molecule has 0 radical (unpaired) electrons. The first-order valence-corrected chi connectivity index (χ1v) is 8.91. The van der Waals surface area contributed by atoms with Gasteiger partial charge in [-0.15, -0.1) is 11.3 Å². The van der Waals surface area contributed by atoms with Crippen LogP contribution < -0.4 is 4.74 Å². The highest BCUT2D eigenvalue weighted by atomic mass is 32.1. The number of hydrogen-bond donors (Lipinski definition) is 0. The molecule has 0 N–H and O–H groups in total. The van der Waals surface area contributed by atoms with E-state index in [2.05, 4.69) is 22.2 Å². The van der Waals surface area contributed by atoms with Gasteiger partial charge in [-0.05, 0) is 43.9 Å². The fraction of sp³-hybridized carbons (Fsp3) is 0.368. The quantitative estimate of drug-likeness (QED) is 0.623. The number of methoxy groups -OCH3 is 1. The fourth-order valence-corrected chi connectivity index (χ4v) is 3.26. The Hall–Kier alpha value is -2.32. The van der Waals surface area contributed by atoms with Gasteiger partial charge in [0.25, 0.3) is 0 Å². The molecule has 3 rings (SSSR count). The van der Waals surface area contributed by atoms with Crippen LogP contribution in [0.4, 0.5) is 0 Å². The minimum absolute atomic E-state index is 0.320. The van der Waals surface area contributed by atoms with Gasteiger partial charge in [0, 0.05) is 16.9 Å². The van der Waals surface area contributed by atoms with Crippen LogP contribution in [0.1, 0.15) is 58.7 Å². The van der Waals surface area contributed by atoms with Crippen molar-refractivity contribution < 1.29 is 14.3 Å². The number of carbonyl (C=O) groups is 1. The molecule has 1 aromatic heterocycles. The average Bonchev–Trinajstić information content (AvgIpc) is 2.99. The van der Waals surface area contributed by atoms with Gasteiger partial charge in [0.2, 0.25) is 0 Å². The van der Waals surface area contributed by atoms with Gasteiger partial charge in [0.15, 0.2) is 5.01 Å². The summed E-state index contributed by atoms with van der Waals surface area (Å²) in [6.07, 6.45) is 3.77. The average molecular weight is 341 g/mol. The maximum Gasteiger partial charge on any atom is 0.341 e. The Bertz CT molecular complexity index is 796. The summed E-state index contributed by atoms with van der Waals surface area (Å²) in [6.45, 7) is 2.09. The number of nitrogens with zero attached hydrogens (tertiary/aromatic N) is 1. The monoisotopic (exact) mass is 341 g/mol. The zero-order valence-corrected chi connectivity index (χ0v) is 14.6. The van der Waals surface area contributed by atoms with Crippen molar-refractivity contribution in [3.63, 3.8) is 0 Å². The second-order valence-electron chi connectivity index (χ2n) is 5.59. The van der Waals surface area contributed by atoms with Gasteiger partial charge in [0.05, 0.1) is 19.4 Å². The van der Waals surface area contributed by atoms with Crippen molar-refractivity contribution in [1.82, 2.24) is 4.98 Å². The number of carbonyl (C=O) groups excluding carboxylic acids is 1. The summed E-state index contributed by atoms with van der Waals surface area (Å²) in [7, 11) is 1.53. The largest absolute Gasteiger partial charge is 0.496 e. The van der Waals surface area contributed by atoms with E-state index in [9.17, 15) is 4.79 Å². The number of esters is 1. The van der Waals surface area contributed by atoms with Crippen LogP contribution in [0.25, 0.3) is 0 Å². The van der Waals surface area contributed by atoms with E-state index in [0.29, 0.717) is 23.8 Å². The predicted molar refractivity (Wildman–Crippen MR) is 93.6 cm³/mol.